The Bertz CT molecular complexity index is 969. The first kappa shape index (κ1) is 15.7. The van der Waals surface area contributed by atoms with Crippen LogP contribution in [0.15, 0.2) is 55.2 Å². The predicted molar refractivity (Wildman–Crippen MR) is 97.1 cm³/mol. The van der Waals surface area contributed by atoms with Gasteiger partial charge in [-0.15, -0.1) is 0 Å². The number of halogens is 2. The molecule has 0 aliphatic carbocycles. The quantitative estimate of drug-likeness (QED) is 0.431. The molecule has 0 radical (unpaired) electrons. The summed E-state index contributed by atoms with van der Waals surface area (Å²) in [5, 5.41) is 14.4. The standard InChI is InChI=1S/C15H10Br2N4O2/c16-9-5-8(13(22)11(17)6-9)7-18-21-15-19-12-4-2-1-3-10(12)14(23)20-15/h1-7,22H,(H2,19,20,21,23)/b18-7+. The van der Waals surface area contributed by atoms with Gasteiger partial charge < -0.3 is 5.11 Å². The zero-order chi connectivity index (χ0) is 16.4. The van der Waals surface area contributed by atoms with Gasteiger partial charge >= 0.3 is 0 Å². The highest BCUT2D eigenvalue weighted by molar-refractivity contribution is 9.11. The molecule has 0 fully saturated rings. The highest BCUT2D eigenvalue weighted by Crippen LogP contribution is 2.30. The van der Waals surface area contributed by atoms with Crippen LogP contribution in [0.5, 0.6) is 5.75 Å². The van der Waals surface area contributed by atoms with Crippen molar-refractivity contribution in [1.82, 2.24) is 9.97 Å². The van der Waals surface area contributed by atoms with E-state index in [1.165, 1.54) is 6.21 Å². The molecule has 3 rings (SSSR count). The minimum atomic E-state index is -0.249. The molecule has 2 aromatic carbocycles. The van der Waals surface area contributed by atoms with Crippen molar-refractivity contribution < 1.29 is 5.11 Å². The van der Waals surface area contributed by atoms with Gasteiger partial charge in [-0.2, -0.15) is 5.10 Å². The van der Waals surface area contributed by atoms with Gasteiger partial charge in [0.25, 0.3) is 5.56 Å². The minimum Gasteiger partial charge on any atom is -0.506 e. The van der Waals surface area contributed by atoms with Crippen molar-refractivity contribution in [2.75, 3.05) is 5.43 Å². The van der Waals surface area contributed by atoms with Crippen molar-refractivity contribution in [3.8, 4) is 5.75 Å². The van der Waals surface area contributed by atoms with Crippen LogP contribution in [0.25, 0.3) is 10.9 Å². The van der Waals surface area contributed by atoms with Crippen LogP contribution in [0, 0.1) is 0 Å². The van der Waals surface area contributed by atoms with Crippen LogP contribution < -0.4 is 11.0 Å². The number of nitrogens with one attached hydrogen (secondary N) is 2. The van der Waals surface area contributed by atoms with E-state index < -0.39 is 0 Å². The van der Waals surface area contributed by atoms with E-state index >= 15 is 0 Å². The summed E-state index contributed by atoms with van der Waals surface area (Å²) in [5.41, 5.74) is 3.48. The maximum atomic E-state index is 11.9. The van der Waals surface area contributed by atoms with Gasteiger partial charge in [0.15, 0.2) is 0 Å². The number of H-pyrrole nitrogens is 1. The number of phenolic OH excluding ortho intramolecular Hbond substituents is 1. The van der Waals surface area contributed by atoms with Crippen LogP contribution in [0.3, 0.4) is 0 Å². The zero-order valence-corrected chi connectivity index (χ0v) is 14.7. The van der Waals surface area contributed by atoms with Crippen molar-refractivity contribution in [2.45, 2.75) is 0 Å². The largest absolute Gasteiger partial charge is 0.506 e. The Balaban J connectivity index is 1.88. The summed E-state index contributed by atoms with van der Waals surface area (Å²) in [6.07, 6.45) is 1.43. The van der Waals surface area contributed by atoms with Gasteiger partial charge in [0.05, 0.1) is 21.6 Å². The Morgan fingerprint density at radius 1 is 1.26 bits per heavy atom. The minimum absolute atomic E-state index is 0.0683. The van der Waals surface area contributed by atoms with E-state index in [-0.39, 0.29) is 17.3 Å². The van der Waals surface area contributed by atoms with Gasteiger partial charge in [-0.05, 0) is 40.2 Å². The fraction of sp³-hybridized carbons (Fsp3) is 0. The molecule has 0 spiro atoms. The predicted octanol–water partition coefficient (Wildman–Crippen LogP) is 3.60. The lowest BCUT2D eigenvalue weighted by Gasteiger charge is -2.04. The van der Waals surface area contributed by atoms with E-state index in [1.54, 1.807) is 36.4 Å². The maximum Gasteiger partial charge on any atom is 0.260 e. The molecule has 23 heavy (non-hydrogen) atoms. The molecule has 0 aliphatic heterocycles. The number of benzene rings is 2. The molecule has 1 aromatic heterocycles. The number of aromatic hydroxyl groups is 1. The van der Waals surface area contributed by atoms with Crippen LogP contribution in [0.4, 0.5) is 5.95 Å². The van der Waals surface area contributed by atoms with Crippen LogP contribution in [0.2, 0.25) is 0 Å². The van der Waals surface area contributed by atoms with Gasteiger partial charge in [0.2, 0.25) is 5.95 Å². The second-order valence-corrected chi connectivity index (χ2v) is 6.40. The third-order valence-electron chi connectivity index (χ3n) is 3.04. The van der Waals surface area contributed by atoms with Gasteiger partial charge in [0.1, 0.15) is 5.75 Å². The fourth-order valence-electron chi connectivity index (χ4n) is 1.99. The van der Waals surface area contributed by atoms with E-state index in [9.17, 15) is 9.90 Å². The molecule has 1 heterocycles. The van der Waals surface area contributed by atoms with Crippen molar-refractivity contribution in [3.63, 3.8) is 0 Å². The molecule has 6 nitrogen and oxygen atoms in total. The number of para-hydroxylation sites is 1. The number of anilines is 1. The Morgan fingerprint density at radius 3 is 2.87 bits per heavy atom. The average molecular weight is 438 g/mol. The second kappa shape index (κ2) is 6.51. The summed E-state index contributed by atoms with van der Waals surface area (Å²) in [7, 11) is 0. The number of phenols is 1. The van der Waals surface area contributed by atoms with Crippen molar-refractivity contribution in [1.29, 1.82) is 0 Å². The summed E-state index contributed by atoms with van der Waals surface area (Å²) in [4.78, 5) is 18.8. The highest BCUT2D eigenvalue weighted by atomic mass is 79.9. The van der Waals surface area contributed by atoms with Crippen LogP contribution >= 0.6 is 31.9 Å². The number of aromatic amines is 1. The van der Waals surface area contributed by atoms with Gasteiger partial charge in [-0.3, -0.25) is 9.78 Å². The monoisotopic (exact) mass is 436 g/mol. The number of fused-ring (bicyclic) bond motifs is 1. The average Bonchev–Trinajstić information content (AvgIpc) is 2.52. The first-order chi connectivity index (χ1) is 11.0. The fourth-order valence-corrected chi connectivity index (χ4v) is 3.24. The molecular formula is C15H10Br2N4O2. The Hall–Kier alpha value is -2.19. The Morgan fingerprint density at radius 2 is 2.04 bits per heavy atom. The van der Waals surface area contributed by atoms with Crippen molar-refractivity contribution in [3.05, 3.63) is 61.3 Å². The number of hydrazone groups is 1. The number of nitrogens with zero attached hydrogens (tertiary/aromatic N) is 2. The molecule has 8 heteroatoms. The number of hydrogen-bond donors (Lipinski definition) is 3. The molecule has 3 aromatic rings. The lowest BCUT2D eigenvalue weighted by molar-refractivity contribution is 0.471. The van der Waals surface area contributed by atoms with E-state index in [0.717, 1.165) is 4.47 Å². The molecule has 3 N–H and O–H groups in total. The molecule has 0 atom stereocenters. The van der Waals surface area contributed by atoms with Crippen molar-refractivity contribution >= 4 is 54.9 Å². The van der Waals surface area contributed by atoms with E-state index in [1.807, 2.05) is 0 Å². The molecular weight excluding hydrogens is 428 g/mol. The van der Waals surface area contributed by atoms with E-state index in [2.05, 4.69) is 52.4 Å². The smallest absolute Gasteiger partial charge is 0.260 e. The van der Waals surface area contributed by atoms with Crippen LogP contribution in [-0.4, -0.2) is 21.3 Å². The number of rotatable bonds is 3. The first-order valence-corrected chi connectivity index (χ1v) is 8.09. The summed E-state index contributed by atoms with van der Waals surface area (Å²) >= 11 is 6.59. The first-order valence-electron chi connectivity index (χ1n) is 6.51. The zero-order valence-electron chi connectivity index (χ0n) is 11.5. The topological polar surface area (TPSA) is 90.4 Å². The molecule has 0 amide bonds. The normalized spacial score (nSPS) is 11.2. The van der Waals surface area contributed by atoms with Crippen molar-refractivity contribution in [2.24, 2.45) is 5.10 Å². The van der Waals surface area contributed by atoms with Gasteiger partial charge in [-0.1, -0.05) is 28.1 Å². The maximum absolute atomic E-state index is 11.9. The third-order valence-corrected chi connectivity index (χ3v) is 4.11. The lowest BCUT2D eigenvalue weighted by atomic mass is 10.2. The molecule has 116 valence electrons. The van der Waals surface area contributed by atoms with E-state index in [0.29, 0.717) is 20.9 Å². The van der Waals surface area contributed by atoms with E-state index in [4.69, 9.17) is 0 Å². The lowest BCUT2D eigenvalue weighted by Crippen LogP contribution is -2.10. The summed E-state index contributed by atoms with van der Waals surface area (Å²) in [6.45, 7) is 0. The van der Waals surface area contributed by atoms with Crippen LogP contribution in [-0.2, 0) is 0 Å². The molecule has 0 saturated carbocycles. The second-order valence-electron chi connectivity index (χ2n) is 4.63. The van der Waals surface area contributed by atoms with Crippen LogP contribution in [0.1, 0.15) is 5.56 Å². The number of aromatic nitrogens is 2. The SMILES string of the molecule is O=c1[nH]c(N/N=C/c2cc(Br)cc(Br)c2O)nc2ccccc12. The molecule has 0 unspecified atom stereocenters. The third kappa shape index (κ3) is 3.43. The Labute approximate surface area is 147 Å². The Kier molecular flexibility index (Phi) is 4.44. The van der Waals surface area contributed by atoms with Gasteiger partial charge in [0, 0.05) is 10.0 Å². The summed E-state index contributed by atoms with van der Waals surface area (Å²) < 4.78 is 1.34. The summed E-state index contributed by atoms with van der Waals surface area (Å²) in [6, 6.07) is 10.5. The summed E-state index contributed by atoms with van der Waals surface area (Å²) in [5.74, 6) is 0.289. The molecule has 0 bridgehead atoms. The molecule has 0 saturated heterocycles. The highest BCUT2D eigenvalue weighted by Gasteiger charge is 2.06. The van der Waals surface area contributed by atoms with Gasteiger partial charge in [-0.25, -0.2) is 10.4 Å². The molecule has 0 aliphatic rings. The number of hydrogen-bond acceptors (Lipinski definition) is 5.